The summed E-state index contributed by atoms with van der Waals surface area (Å²) in [7, 11) is 1.22. The summed E-state index contributed by atoms with van der Waals surface area (Å²) in [6.07, 6.45) is -1.51. The van der Waals surface area contributed by atoms with Gasteiger partial charge in [-0.15, -0.1) is 0 Å². The minimum absolute atomic E-state index is 0.210. The molecular weight excluding hydrogens is 231 g/mol. The molecule has 0 aliphatic heterocycles. The predicted molar refractivity (Wildman–Crippen MR) is 59.0 cm³/mol. The fourth-order valence-corrected chi connectivity index (χ4v) is 1.51. The van der Waals surface area contributed by atoms with Crippen molar-refractivity contribution in [2.24, 2.45) is 5.92 Å². The molecule has 2 nitrogen and oxygen atoms in total. The van der Waals surface area contributed by atoms with Crippen molar-refractivity contribution >= 4 is 0 Å². The third-order valence-electron chi connectivity index (χ3n) is 2.68. The third-order valence-corrected chi connectivity index (χ3v) is 2.68. The lowest BCUT2D eigenvalue weighted by Crippen LogP contribution is -2.11. The Morgan fingerprint density at radius 2 is 2.06 bits per heavy atom. The van der Waals surface area contributed by atoms with Gasteiger partial charge in [0, 0.05) is 6.20 Å². The Morgan fingerprint density at radius 1 is 1.41 bits per heavy atom. The molecule has 0 radical (unpaired) electrons. The minimum atomic E-state index is -4.47. The van der Waals surface area contributed by atoms with Gasteiger partial charge in [-0.1, -0.05) is 20.3 Å². The van der Waals surface area contributed by atoms with Crippen LogP contribution in [0.5, 0.6) is 5.75 Å². The first-order valence-electron chi connectivity index (χ1n) is 5.48. The molecule has 0 bridgehead atoms. The van der Waals surface area contributed by atoms with E-state index >= 15 is 0 Å². The van der Waals surface area contributed by atoms with E-state index in [4.69, 9.17) is 4.74 Å². The third kappa shape index (κ3) is 3.61. The molecule has 0 aliphatic carbocycles. The van der Waals surface area contributed by atoms with E-state index in [1.54, 1.807) is 0 Å². The molecule has 5 heteroatoms. The summed E-state index contributed by atoms with van der Waals surface area (Å²) in [6, 6.07) is 1.42. The van der Waals surface area contributed by atoms with Gasteiger partial charge in [-0.25, -0.2) is 4.98 Å². The zero-order chi connectivity index (χ0) is 13.1. The standard InChI is InChI=1S/C12H16F3NO/c1-4-8(2)5-9-6-10(17-3)11(16-7-9)12(13,14)15/h6-8H,4-5H2,1-3H3. The molecule has 1 aromatic heterocycles. The Bertz CT molecular complexity index is 377. The smallest absolute Gasteiger partial charge is 0.437 e. The molecule has 0 saturated heterocycles. The number of hydrogen-bond acceptors (Lipinski definition) is 2. The molecule has 0 amide bonds. The Kier molecular flexibility index (Phi) is 4.37. The second-order valence-electron chi connectivity index (χ2n) is 4.11. The molecule has 1 heterocycles. The van der Waals surface area contributed by atoms with Crippen molar-refractivity contribution in [3.8, 4) is 5.75 Å². The summed E-state index contributed by atoms with van der Waals surface area (Å²) in [5.41, 5.74) is -0.197. The number of ether oxygens (including phenoxy) is 1. The van der Waals surface area contributed by atoms with Crippen molar-refractivity contribution in [1.82, 2.24) is 4.98 Å². The van der Waals surface area contributed by atoms with Gasteiger partial charge < -0.3 is 4.74 Å². The van der Waals surface area contributed by atoms with Crippen LogP contribution < -0.4 is 4.74 Å². The summed E-state index contributed by atoms with van der Waals surface area (Å²) < 4.78 is 42.4. The van der Waals surface area contributed by atoms with Crippen molar-refractivity contribution in [3.63, 3.8) is 0 Å². The van der Waals surface area contributed by atoms with Gasteiger partial charge in [0.05, 0.1) is 7.11 Å². The van der Waals surface area contributed by atoms with Crippen LogP contribution in [0.1, 0.15) is 31.5 Å². The number of alkyl halides is 3. The van der Waals surface area contributed by atoms with Crippen molar-refractivity contribution in [1.29, 1.82) is 0 Å². The van der Waals surface area contributed by atoms with Gasteiger partial charge in [0.15, 0.2) is 5.69 Å². The van der Waals surface area contributed by atoms with Crippen LogP contribution in [-0.4, -0.2) is 12.1 Å². The zero-order valence-corrected chi connectivity index (χ0v) is 10.1. The lowest BCUT2D eigenvalue weighted by atomic mass is 10.00. The molecule has 0 aliphatic rings. The van der Waals surface area contributed by atoms with E-state index in [2.05, 4.69) is 4.98 Å². The van der Waals surface area contributed by atoms with Crippen molar-refractivity contribution in [2.45, 2.75) is 32.9 Å². The fourth-order valence-electron chi connectivity index (χ4n) is 1.51. The van der Waals surface area contributed by atoms with Gasteiger partial charge in [-0.2, -0.15) is 13.2 Å². The highest BCUT2D eigenvalue weighted by molar-refractivity contribution is 5.33. The normalized spacial score (nSPS) is 13.5. The average molecular weight is 247 g/mol. The minimum Gasteiger partial charge on any atom is -0.494 e. The predicted octanol–water partition coefficient (Wildman–Crippen LogP) is 3.70. The highest BCUT2D eigenvalue weighted by Gasteiger charge is 2.36. The van der Waals surface area contributed by atoms with Crippen LogP contribution in [0.15, 0.2) is 12.3 Å². The summed E-state index contributed by atoms with van der Waals surface area (Å²) in [5.74, 6) is 0.205. The van der Waals surface area contributed by atoms with Crippen LogP contribution in [0, 0.1) is 5.92 Å². The number of nitrogens with zero attached hydrogens (tertiary/aromatic N) is 1. The molecule has 1 unspecified atom stereocenters. The molecule has 0 spiro atoms. The maximum Gasteiger partial charge on any atom is 0.437 e. The van der Waals surface area contributed by atoms with E-state index in [0.29, 0.717) is 12.3 Å². The Balaban J connectivity index is 3.01. The van der Waals surface area contributed by atoms with Crippen LogP contribution in [-0.2, 0) is 12.6 Å². The summed E-state index contributed by atoms with van der Waals surface area (Å²) in [6.45, 7) is 4.09. The molecule has 96 valence electrons. The number of pyridine rings is 1. The van der Waals surface area contributed by atoms with Gasteiger partial charge in [0.2, 0.25) is 0 Å². The van der Waals surface area contributed by atoms with Crippen LogP contribution in [0.3, 0.4) is 0 Å². The van der Waals surface area contributed by atoms with E-state index < -0.39 is 11.9 Å². The second-order valence-corrected chi connectivity index (χ2v) is 4.11. The number of rotatable bonds is 4. The molecule has 0 fully saturated rings. The maximum atomic E-state index is 12.6. The summed E-state index contributed by atoms with van der Waals surface area (Å²) >= 11 is 0. The first-order valence-corrected chi connectivity index (χ1v) is 5.48. The molecule has 0 saturated carbocycles. The van der Waals surface area contributed by atoms with E-state index in [1.165, 1.54) is 19.4 Å². The average Bonchev–Trinajstić information content (AvgIpc) is 2.27. The van der Waals surface area contributed by atoms with Gasteiger partial charge in [-0.05, 0) is 24.0 Å². The first kappa shape index (κ1) is 13.8. The lowest BCUT2D eigenvalue weighted by Gasteiger charge is -2.13. The topological polar surface area (TPSA) is 22.1 Å². The van der Waals surface area contributed by atoms with Crippen molar-refractivity contribution < 1.29 is 17.9 Å². The largest absolute Gasteiger partial charge is 0.494 e. The monoisotopic (exact) mass is 247 g/mol. The van der Waals surface area contributed by atoms with Crippen LogP contribution >= 0.6 is 0 Å². The molecule has 0 N–H and O–H groups in total. The highest BCUT2D eigenvalue weighted by Crippen LogP contribution is 2.34. The summed E-state index contributed by atoms with van der Waals surface area (Å²) in [5, 5.41) is 0. The molecule has 1 aromatic rings. The van der Waals surface area contributed by atoms with Gasteiger partial charge in [0.25, 0.3) is 0 Å². The van der Waals surface area contributed by atoms with Crippen LogP contribution in [0.4, 0.5) is 13.2 Å². The second kappa shape index (κ2) is 5.38. The summed E-state index contributed by atoms with van der Waals surface area (Å²) in [4.78, 5) is 3.46. The molecule has 0 aromatic carbocycles. The quantitative estimate of drug-likeness (QED) is 0.809. The number of halogens is 3. The Hall–Kier alpha value is -1.26. The SMILES string of the molecule is CCC(C)Cc1cnc(C(F)(F)F)c(OC)c1. The molecule has 17 heavy (non-hydrogen) atoms. The first-order chi connectivity index (χ1) is 7.88. The maximum absolute atomic E-state index is 12.6. The number of methoxy groups -OCH3 is 1. The van der Waals surface area contributed by atoms with Gasteiger partial charge >= 0.3 is 6.18 Å². The van der Waals surface area contributed by atoms with Gasteiger partial charge in [0.1, 0.15) is 5.75 Å². The van der Waals surface area contributed by atoms with E-state index in [0.717, 1.165) is 12.0 Å². The van der Waals surface area contributed by atoms with Gasteiger partial charge in [-0.3, -0.25) is 0 Å². The zero-order valence-electron chi connectivity index (χ0n) is 10.1. The molecular formula is C12H16F3NO. The van der Waals surface area contributed by atoms with E-state index in [-0.39, 0.29) is 5.75 Å². The van der Waals surface area contributed by atoms with E-state index in [9.17, 15) is 13.2 Å². The number of hydrogen-bond donors (Lipinski definition) is 0. The Labute approximate surface area is 98.8 Å². The van der Waals surface area contributed by atoms with Crippen LogP contribution in [0.2, 0.25) is 0 Å². The molecule has 1 atom stereocenters. The lowest BCUT2D eigenvalue weighted by molar-refractivity contribution is -0.142. The number of aromatic nitrogens is 1. The Morgan fingerprint density at radius 3 is 2.53 bits per heavy atom. The van der Waals surface area contributed by atoms with E-state index in [1.807, 2.05) is 13.8 Å². The fraction of sp³-hybridized carbons (Fsp3) is 0.583. The van der Waals surface area contributed by atoms with Crippen molar-refractivity contribution in [3.05, 3.63) is 23.5 Å². The highest BCUT2D eigenvalue weighted by atomic mass is 19.4. The van der Waals surface area contributed by atoms with Crippen molar-refractivity contribution in [2.75, 3.05) is 7.11 Å². The van der Waals surface area contributed by atoms with Crippen LogP contribution in [0.25, 0.3) is 0 Å². The molecule has 1 rings (SSSR count).